The zero-order chi connectivity index (χ0) is 16.5. The topological polar surface area (TPSA) is 63.1 Å². The lowest BCUT2D eigenvalue weighted by atomic mass is 10.1. The summed E-state index contributed by atoms with van der Waals surface area (Å²) < 4.78 is 1.16. The second-order valence-corrected chi connectivity index (χ2v) is 6.50. The highest BCUT2D eigenvalue weighted by atomic mass is 32.1. The molecule has 0 radical (unpaired) electrons. The maximum Gasteiger partial charge on any atom is 0.335 e. The van der Waals surface area contributed by atoms with Gasteiger partial charge in [-0.3, -0.25) is 9.97 Å². The van der Waals surface area contributed by atoms with Gasteiger partial charge >= 0.3 is 5.97 Å². The third-order valence-electron chi connectivity index (χ3n) is 4.06. The first-order chi connectivity index (χ1) is 11.7. The normalized spacial score (nSPS) is 11.2. The number of aryl methyl sites for hydroxylation is 2. The van der Waals surface area contributed by atoms with Crippen LogP contribution in [0.25, 0.3) is 21.0 Å². The molecule has 0 bridgehead atoms. The van der Waals surface area contributed by atoms with E-state index in [-0.39, 0.29) is 5.56 Å². The van der Waals surface area contributed by atoms with Gasteiger partial charge in [0.05, 0.1) is 16.8 Å². The van der Waals surface area contributed by atoms with E-state index in [2.05, 4.69) is 16.4 Å². The second kappa shape index (κ2) is 6.02. The Balaban J connectivity index is 1.80. The maximum atomic E-state index is 11.2. The largest absolute Gasteiger partial charge is 0.478 e. The van der Waals surface area contributed by atoms with E-state index < -0.39 is 5.97 Å². The van der Waals surface area contributed by atoms with Gasteiger partial charge in [-0.2, -0.15) is 0 Å². The number of benzene rings is 1. The molecule has 0 saturated carbocycles. The molecule has 5 heteroatoms. The van der Waals surface area contributed by atoms with Gasteiger partial charge in [-0.05, 0) is 48.6 Å². The van der Waals surface area contributed by atoms with Crippen molar-refractivity contribution in [3.05, 3.63) is 71.0 Å². The predicted molar refractivity (Wildman–Crippen MR) is 95.7 cm³/mol. The first kappa shape index (κ1) is 14.8. The maximum absolute atomic E-state index is 11.2. The van der Waals surface area contributed by atoms with Crippen molar-refractivity contribution < 1.29 is 9.90 Å². The molecule has 0 aliphatic carbocycles. The van der Waals surface area contributed by atoms with E-state index in [9.17, 15) is 9.90 Å². The van der Waals surface area contributed by atoms with E-state index in [0.29, 0.717) is 0 Å². The summed E-state index contributed by atoms with van der Waals surface area (Å²) in [5.74, 6) is -0.931. The average molecular weight is 334 g/mol. The summed E-state index contributed by atoms with van der Waals surface area (Å²) in [5, 5.41) is 13.4. The highest BCUT2D eigenvalue weighted by molar-refractivity contribution is 7.18. The number of thiophene rings is 1. The first-order valence-corrected chi connectivity index (χ1v) is 8.53. The number of hydrogen-bond donors (Lipinski definition) is 1. The van der Waals surface area contributed by atoms with Crippen molar-refractivity contribution in [3.8, 4) is 0 Å². The number of aromatic nitrogens is 2. The van der Waals surface area contributed by atoms with Crippen molar-refractivity contribution in [2.75, 3.05) is 0 Å². The van der Waals surface area contributed by atoms with E-state index in [1.54, 1.807) is 29.7 Å². The molecule has 0 fully saturated rings. The smallest absolute Gasteiger partial charge is 0.335 e. The minimum Gasteiger partial charge on any atom is -0.478 e. The van der Waals surface area contributed by atoms with Crippen LogP contribution < -0.4 is 0 Å². The van der Waals surface area contributed by atoms with Crippen LogP contribution in [0.15, 0.2) is 54.0 Å². The molecule has 0 amide bonds. The number of rotatable bonds is 4. The van der Waals surface area contributed by atoms with Crippen molar-refractivity contribution in [2.45, 2.75) is 12.8 Å². The lowest BCUT2D eigenvalue weighted by Gasteiger charge is -2.07. The number of fused-ring (bicyclic) bond motifs is 3. The molecule has 4 nitrogen and oxygen atoms in total. The number of pyridine rings is 2. The van der Waals surface area contributed by atoms with Gasteiger partial charge in [-0.1, -0.05) is 12.1 Å². The summed E-state index contributed by atoms with van der Waals surface area (Å²) in [6.45, 7) is 0. The second-order valence-electron chi connectivity index (χ2n) is 5.58. The van der Waals surface area contributed by atoms with E-state index >= 15 is 0 Å². The molecule has 4 rings (SSSR count). The van der Waals surface area contributed by atoms with Gasteiger partial charge in [-0.25, -0.2) is 4.79 Å². The molecule has 118 valence electrons. The lowest BCUT2D eigenvalue weighted by molar-refractivity contribution is 0.0697. The molecule has 0 aliphatic heterocycles. The van der Waals surface area contributed by atoms with Crippen LogP contribution in [-0.4, -0.2) is 21.0 Å². The minimum atomic E-state index is -0.931. The molecular weight excluding hydrogens is 320 g/mol. The molecule has 0 unspecified atom stereocenters. The van der Waals surface area contributed by atoms with Crippen molar-refractivity contribution in [1.82, 2.24) is 9.97 Å². The van der Waals surface area contributed by atoms with Crippen LogP contribution in [0.2, 0.25) is 0 Å². The fraction of sp³-hybridized carbons (Fsp3) is 0.105. The number of carboxylic acids is 1. The fourth-order valence-corrected chi connectivity index (χ4v) is 3.84. The first-order valence-electron chi connectivity index (χ1n) is 7.65. The Morgan fingerprint density at radius 1 is 1.08 bits per heavy atom. The molecular formula is C19H14N2O2S. The predicted octanol–water partition coefficient (Wildman–Crippen LogP) is 4.33. The van der Waals surface area contributed by atoms with Crippen LogP contribution in [0.5, 0.6) is 0 Å². The van der Waals surface area contributed by atoms with E-state index in [0.717, 1.165) is 45.2 Å². The molecule has 3 aromatic heterocycles. The van der Waals surface area contributed by atoms with Crippen LogP contribution in [0.3, 0.4) is 0 Å². The van der Waals surface area contributed by atoms with Gasteiger partial charge in [0.2, 0.25) is 0 Å². The van der Waals surface area contributed by atoms with Crippen LogP contribution in [-0.2, 0) is 12.8 Å². The zero-order valence-electron chi connectivity index (χ0n) is 12.8. The average Bonchev–Trinajstić information content (AvgIpc) is 3.10. The Labute approximate surface area is 142 Å². The molecule has 1 N–H and O–H groups in total. The Hall–Kier alpha value is -2.79. The van der Waals surface area contributed by atoms with Crippen molar-refractivity contribution in [1.29, 1.82) is 0 Å². The molecule has 0 atom stereocenters. The number of hydrogen-bond acceptors (Lipinski definition) is 4. The minimum absolute atomic E-state index is 0.265. The molecule has 0 spiro atoms. The summed E-state index contributed by atoms with van der Waals surface area (Å²) in [7, 11) is 0. The van der Waals surface area contributed by atoms with E-state index in [1.165, 1.54) is 0 Å². The molecule has 1 aromatic carbocycles. The summed E-state index contributed by atoms with van der Waals surface area (Å²) in [4.78, 5) is 20.3. The van der Waals surface area contributed by atoms with Gasteiger partial charge in [-0.15, -0.1) is 11.3 Å². The van der Waals surface area contributed by atoms with E-state index in [1.807, 2.05) is 24.3 Å². The van der Waals surface area contributed by atoms with Gasteiger partial charge in [0.25, 0.3) is 0 Å². The number of carbonyl (C=O) groups is 1. The highest BCUT2D eigenvalue weighted by Gasteiger charge is 2.12. The van der Waals surface area contributed by atoms with Crippen molar-refractivity contribution in [2.24, 2.45) is 0 Å². The fourth-order valence-electron chi connectivity index (χ4n) is 2.88. The zero-order valence-corrected chi connectivity index (χ0v) is 13.6. The van der Waals surface area contributed by atoms with Gasteiger partial charge in [0.15, 0.2) is 0 Å². The van der Waals surface area contributed by atoms with E-state index in [4.69, 9.17) is 4.98 Å². The molecule has 24 heavy (non-hydrogen) atoms. The quantitative estimate of drug-likeness (QED) is 0.603. The number of nitrogens with zero attached hydrogens (tertiary/aromatic N) is 2. The third kappa shape index (κ3) is 2.63. The van der Waals surface area contributed by atoms with Gasteiger partial charge in [0.1, 0.15) is 0 Å². The Bertz CT molecular complexity index is 1040. The van der Waals surface area contributed by atoms with Gasteiger partial charge < -0.3 is 5.11 Å². The Kier molecular flexibility index (Phi) is 3.70. The Morgan fingerprint density at radius 2 is 2.00 bits per heavy atom. The van der Waals surface area contributed by atoms with Crippen LogP contribution >= 0.6 is 11.3 Å². The standard InChI is InChI=1S/C19H14N2O2S/c22-19(23)12-4-6-14-17(11-12)21-16(15-8-10-24-18(14)15)7-5-13-3-1-2-9-20-13/h1-4,6,8-11H,5,7H2,(H,22,23). The summed E-state index contributed by atoms with van der Waals surface area (Å²) in [5.41, 5.74) is 3.02. The Morgan fingerprint density at radius 3 is 2.79 bits per heavy atom. The lowest BCUT2D eigenvalue weighted by Crippen LogP contribution is -1.99. The van der Waals surface area contributed by atoms with Crippen LogP contribution in [0.4, 0.5) is 0 Å². The summed E-state index contributed by atoms with van der Waals surface area (Å²) in [6.07, 6.45) is 3.38. The van der Waals surface area contributed by atoms with Crippen LogP contribution in [0.1, 0.15) is 21.7 Å². The molecule has 0 saturated heterocycles. The highest BCUT2D eigenvalue weighted by Crippen LogP contribution is 2.32. The van der Waals surface area contributed by atoms with Crippen LogP contribution in [0, 0.1) is 0 Å². The summed E-state index contributed by atoms with van der Waals surface area (Å²) >= 11 is 1.66. The molecule has 3 heterocycles. The van der Waals surface area contributed by atoms with Crippen molar-refractivity contribution in [3.63, 3.8) is 0 Å². The van der Waals surface area contributed by atoms with Crippen molar-refractivity contribution >= 4 is 38.3 Å². The summed E-state index contributed by atoms with van der Waals surface area (Å²) in [6, 6.07) is 13.1. The third-order valence-corrected chi connectivity index (χ3v) is 5.01. The SMILES string of the molecule is O=C(O)c1ccc2c(c1)nc(CCc1ccccn1)c1ccsc12. The number of carboxylic acid groups (broad SMARTS) is 1. The molecule has 0 aliphatic rings. The molecule has 4 aromatic rings. The van der Waals surface area contributed by atoms with Gasteiger partial charge in [0, 0.05) is 27.4 Å². The monoisotopic (exact) mass is 334 g/mol. The number of aromatic carboxylic acids is 1.